The molecular formula is C44H29N3O. The molecule has 0 bridgehead atoms. The van der Waals surface area contributed by atoms with E-state index in [0.717, 1.165) is 55.3 Å². The Bertz CT molecular complexity index is 2560. The van der Waals surface area contributed by atoms with Gasteiger partial charge in [-0.15, -0.1) is 0 Å². The Morgan fingerprint density at radius 2 is 1.21 bits per heavy atom. The van der Waals surface area contributed by atoms with Crippen molar-refractivity contribution in [3.05, 3.63) is 169 Å². The molecule has 3 heterocycles. The number of allylic oxidation sites excluding steroid dienone is 2. The number of rotatable bonds is 4. The van der Waals surface area contributed by atoms with Gasteiger partial charge in [0.1, 0.15) is 11.2 Å². The zero-order chi connectivity index (χ0) is 31.6. The van der Waals surface area contributed by atoms with Crippen molar-refractivity contribution in [1.29, 1.82) is 0 Å². The highest BCUT2D eigenvalue weighted by Gasteiger charge is 2.38. The van der Waals surface area contributed by atoms with Gasteiger partial charge in [0.2, 0.25) is 0 Å². The van der Waals surface area contributed by atoms with Crippen molar-refractivity contribution in [3.63, 3.8) is 0 Å². The number of aromatic nitrogens is 2. The lowest BCUT2D eigenvalue weighted by Crippen LogP contribution is -2.28. The topological polar surface area (TPSA) is 42.2 Å². The predicted octanol–water partition coefficient (Wildman–Crippen LogP) is 11.3. The minimum Gasteiger partial charge on any atom is -0.456 e. The standard InChI is InChI=1S/C44H29N3O/c1-2-10-28(11-3-1)29-18-20-30(21-19-29)43-35-14-4-7-15-38(35)45-44(46-43)31-22-24-32(25-23-31)47-39-16-8-5-12-33(39)36-27-42-37(26-40(36)47)34-13-6-9-17-41(34)48-42/h1-27,33,39H. The average Bonchev–Trinajstić information content (AvgIpc) is 3.69. The SMILES string of the molecule is C1=CC2c3cc4oc5ccccc5c4cc3N(c3ccc(-c4nc(-c5ccc(-c6ccccc6)cc5)c5ccccc5n4)cc3)C2C=C1. The number of hydrogen-bond donors (Lipinski definition) is 0. The summed E-state index contributed by atoms with van der Waals surface area (Å²) in [6.45, 7) is 0. The smallest absolute Gasteiger partial charge is 0.160 e. The Morgan fingerprint density at radius 3 is 2.06 bits per heavy atom. The number of nitrogens with zero attached hydrogens (tertiary/aromatic N) is 3. The first-order valence-corrected chi connectivity index (χ1v) is 16.4. The number of furan rings is 1. The minimum atomic E-state index is 0.191. The summed E-state index contributed by atoms with van der Waals surface area (Å²) in [5, 5.41) is 3.33. The van der Waals surface area contributed by atoms with Gasteiger partial charge in [-0.05, 0) is 65.2 Å². The van der Waals surface area contributed by atoms with Gasteiger partial charge < -0.3 is 9.32 Å². The molecule has 1 aliphatic heterocycles. The average molecular weight is 616 g/mol. The van der Waals surface area contributed by atoms with Crippen LogP contribution in [0, 0.1) is 0 Å². The predicted molar refractivity (Wildman–Crippen MR) is 197 cm³/mol. The molecule has 4 nitrogen and oxygen atoms in total. The lowest BCUT2D eigenvalue weighted by Gasteiger charge is -2.28. The van der Waals surface area contributed by atoms with Gasteiger partial charge in [0.25, 0.3) is 0 Å². The van der Waals surface area contributed by atoms with E-state index in [9.17, 15) is 0 Å². The summed E-state index contributed by atoms with van der Waals surface area (Å²) >= 11 is 0. The maximum Gasteiger partial charge on any atom is 0.160 e. The molecule has 6 aromatic carbocycles. The normalized spacial score (nSPS) is 16.5. The molecule has 2 aliphatic rings. The van der Waals surface area contributed by atoms with E-state index < -0.39 is 0 Å². The molecule has 4 heteroatoms. The summed E-state index contributed by atoms with van der Waals surface area (Å²) in [4.78, 5) is 12.7. The fraction of sp³-hybridized carbons (Fsp3) is 0.0455. The number of fused-ring (bicyclic) bond motifs is 7. The highest BCUT2D eigenvalue weighted by Crippen LogP contribution is 2.50. The van der Waals surface area contributed by atoms with E-state index in [-0.39, 0.29) is 12.0 Å². The van der Waals surface area contributed by atoms with Gasteiger partial charge >= 0.3 is 0 Å². The van der Waals surface area contributed by atoms with Crippen molar-refractivity contribution in [2.45, 2.75) is 12.0 Å². The van der Waals surface area contributed by atoms with Crippen molar-refractivity contribution in [2.24, 2.45) is 0 Å². The molecule has 0 fully saturated rings. The molecule has 0 N–H and O–H groups in total. The Hall–Kier alpha value is -6.26. The van der Waals surface area contributed by atoms with Gasteiger partial charge in [-0.3, -0.25) is 0 Å². The maximum absolute atomic E-state index is 6.29. The number of benzene rings is 6. The summed E-state index contributed by atoms with van der Waals surface area (Å²) in [6, 6.07) is 49.2. The van der Waals surface area contributed by atoms with Crippen LogP contribution in [0.15, 0.2) is 168 Å². The Balaban J connectivity index is 1.05. The summed E-state index contributed by atoms with van der Waals surface area (Å²) in [5.41, 5.74) is 11.8. The van der Waals surface area contributed by atoms with Crippen LogP contribution < -0.4 is 4.90 Å². The van der Waals surface area contributed by atoms with Crippen LogP contribution in [0.5, 0.6) is 0 Å². The van der Waals surface area contributed by atoms with Crippen LogP contribution in [0.4, 0.5) is 11.4 Å². The molecule has 0 saturated carbocycles. The first-order chi connectivity index (χ1) is 23.8. The van der Waals surface area contributed by atoms with Crippen molar-refractivity contribution < 1.29 is 4.42 Å². The molecule has 10 rings (SSSR count). The van der Waals surface area contributed by atoms with Crippen molar-refractivity contribution in [3.8, 4) is 33.8 Å². The van der Waals surface area contributed by atoms with E-state index in [4.69, 9.17) is 14.4 Å². The van der Waals surface area contributed by atoms with Crippen LogP contribution in [0.1, 0.15) is 11.5 Å². The van der Waals surface area contributed by atoms with E-state index in [1.54, 1.807) is 0 Å². The molecule has 8 aromatic rings. The third-order valence-corrected chi connectivity index (χ3v) is 9.82. The zero-order valence-electron chi connectivity index (χ0n) is 26.0. The molecule has 0 spiro atoms. The molecule has 1 aliphatic carbocycles. The summed E-state index contributed by atoms with van der Waals surface area (Å²) < 4.78 is 6.29. The van der Waals surface area contributed by atoms with Gasteiger partial charge in [0.05, 0.1) is 17.3 Å². The van der Waals surface area contributed by atoms with Gasteiger partial charge in [0.15, 0.2) is 5.82 Å². The molecule has 2 atom stereocenters. The van der Waals surface area contributed by atoms with Crippen LogP contribution in [0.2, 0.25) is 0 Å². The van der Waals surface area contributed by atoms with E-state index in [1.807, 2.05) is 24.3 Å². The second-order valence-electron chi connectivity index (χ2n) is 12.6. The summed E-state index contributed by atoms with van der Waals surface area (Å²) in [5.74, 6) is 0.969. The van der Waals surface area contributed by atoms with E-state index >= 15 is 0 Å². The van der Waals surface area contributed by atoms with Crippen molar-refractivity contribution >= 4 is 44.2 Å². The number of para-hydroxylation sites is 2. The molecule has 0 amide bonds. The fourth-order valence-corrected chi connectivity index (χ4v) is 7.50. The highest BCUT2D eigenvalue weighted by molar-refractivity contribution is 6.07. The monoisotopic (exact) mass is 615 g/mol. The Morgan fingerprint density at radius 1 is 0.521 bits per heavy atom. The first kappa shape index (κ1) is 26.9. The number of hydrogen-bond acceptors (Lipinski definition) is 4. The molecule has 2 aromatic heterocycles. The molecule has 0 radical (unpaired) electrons. The van der Waals surface area contributed by atoms with Crippen molar-refractivity contribution in [1.82, 2.24) is 9.97 Å². The van der Waals surface area contributed by atoms with Crippen LogP contribution in [0.25, 0.3) is 66.6 Å². The largest absolute Gasteiger partial charge is 0.456 e. The lowest BCUT2D eigenvalue weighted by molar-refractivity contribution is 0.667. The minimum absolute atomic E-state index is 0.191. The second kappa shape index (κ2) is 10.6. The fourth-order valence-electron chi connectivity index (χ4n) is 7.50. The van der Waals surface area contributed by atoms with E-state index in [0.29, 0.717) is 5.82 Å². The van der Waals surface area contributed by atoms with Gasteiger partial charge in [-0.25, -0.2) is 9.97 Å². The number of anilines is 2. The lowest BCUT2D eigenvalue weighted by atomic mass is 9.91. The van der Waals surface area contributed by atoms with Crippen molar-refractivity contribution in [2.75, 3.05) is 4.90 Å². The zero-order valence-corrected chi connectivity index (χ0v) is 26.0. The van der Waals surface area contributed by atoms with E-state index in [1.165, 1.54) is 22.4 Å². The van der Waals surface area contributed by atoms with Crippen LogP contribution in [0.3, 0.4) is 0 Å². The van der Waals surface area contributed by atoms with E-state index in [2.05, 4.69) is 144 Å². The molecule has 2 unspecified atom stereocenters. The third kappa shape index (κ3) is 4.23. The summed E-state index contributed by atoms with van der Waals surface area (Å²) in [6.07, 6.45) is 8.93. The Kier molecular flexibility index (Phi) is 5.97. The second-order valence-corrected chi connectivity index (χ2v) is 12.6. The summed E-state index contributed by atoms with van der Waals surface area (Å²) in [7, 11) is 0. The quantitative estimate of drug-likeness (QED) is 0.198. The van der Waals surface area contributed by atoms with Crippen LogP contribution in [-0.4, -0.2) is 16.0 Å². The third-order valence-electron chi connectivity index (χ3n) is 9.82. The Labute approximate surface area is 277 Å². The van der Waals surface area contributed by atoms with Gasteiger partial charge in [0, 0.05) is 44.6 Å². The first-order valence-electron chi connectivity index (χ1n) is 16.4. The molecular weight excluding hydrogens is 587 g/mol. The molecule has 226 valence electrons. The van der Waals surface area contributed by atoms with Crippen LogP contribution >= 0.6 is 0 Å². The van der Waals surface area contributed by atoms with Crippen LogP contribution in [-0.2, 0) is 0 Å². The van der Waals surface area contributed by atoms with Gasteiger partial charge in [-0.1, -0.05) is 115 Å². The molecule has 0 saturated heterocycles. The maximum atomic E-state index is 6.29. The van der Waals surface area contributed by atoms with Gasteiger partial charge in [-0.2, -0.15) is 0 Å². The highest BCUT2D eigenvalue weighted by atomic mass is 16.3. The molecule has 48 heavy (non-hydrogen) atoms.